The van der Waals surface area contributed by atoms with E-state index >= 15 is 0 Å². The Balaban J connectivity index is 1.99. The standard InChI is InChI=1S/C11H11Cl2NO2S/c12-9-4-8(10(13)17-9)11(16)14-7-2-1-6(3-7)5-15/h1-2,4,6-7,15H,3,5H2,(H,14,16)/t6-,7+/m0/s1. The zero-order chi connectivity index (χ0) is 12.4. The van der Waals surface area contributed by atoms with Gasteiger partial charge in [-0.25, -0.2) is 0 Å². The molecule has 1 amide bonds. The van der Waals surface area contributed by atoms with Crippen LogP contribution in [-0.2, 0) is 0 Å². The van der Waals surface area contributed by atoms with Gasteiger partial charge in [0.15, 0.2) is 0 Å². The van der Waals surface area contributed by atoms with Crippen LogP contribution in [0.2, 0.25) is 8.67 Å². The number of aliphatic hydroxyl groups excluding tert-OH is 1. The van der Waals surface area contributed by atoms with Crippen molar-refractivity contribution in [2.45, 2.75) is 12.5 Å². The van der Waals surface area contributed by atoms with E-state index in [0.717, 1.165) is 6.42 Å². The van der Waals surface area contributed by atoms with Crippen LogP contribution in [0.1, 0.15) is 16.8 Å². The van der Waals surface area contributed by atoms with Gasteiger partial charge < -0.3 is 10.4 Å². The highest BCUT2D eigenvalue weighted by molar-refractivity contribution is 7.20. The van der Waals surface area contributed by atoms with Crippen LogP contribution in [-0.4, -0.2) is 23.7 Å². The molecule has 1 aliphatic rings. The Morgan fingerprint density at radius 2 is 2.29 bits per heavy atom. The van der Waals surface area contributed by atoms with Crippen molar-refractivity contribution in [3.8, 4) is 0 Å². The summed E-state index contributed by atoms with van der Waals surface area (Å²) in [6, 6.07) is 1.51. The monoisotopic (exact) mass is 291 g/mol. The Kier molecular flexibility index (Phi) is 4.09. The van der Waals surface area contributed by atoms with E-state index in [0.29, 0.717) is 14.2 Å². The van der Waals surface area contributed by atoms with Gasteiger partial charge in [-0.2, -0.15) is 0 Å². The molecule has 0 fully saturated rings. The molecule has 0 saturated carbocycles. The van der Waals surface area contributed by atoms with Crippen LogP contribution < -0.4 is 5.32 Å². The number of aliphatic hydroxyl groups is 1. The predicted octanol–water partition coefficient (Wildman–Crippen LogP) is 2.72. The third-order valence-corrected chi connectivity index (χ3v) is 4.11. The van der Waals surface area contributed by atoms with E-state index in [1.54, 1.807) is 6.07 Å². The number of nitrogens with one attached hydrogen (secondary N) is 1. The number of halogens is 2. The molecule has 1 aromatic rings. The molecular formula is C11H11Cl2NO2S. The maximum atomic E-state index is 11.9. The SMILES string of the molecule is O=C(N[C@@H]1C=C[C@H](CO)C1)c1cc(Cl)sc1Cl. The van der Waals surface area contributed by atoms with E-state index in [4.69, 9.17) is 28.3 Å². The molecule has 2 N–H and O–H groups in total. The van der Waals surface area contributed by atoms with Gasteiger partial charge in [0, 0.05) is 18.6 Å². The van der Waals surface area contributed by atoms with Crippen molar-refractivity contribution < 1.29 is 9.90 Å². The molecule has 3 nitrogen and oxygen atoms in total. The van der Waals surface area contributed by atoms with E-state index in [1.165, 1.54) is 11.3 Å². The summed E-state index contributed by atoms with van der Waals surface area (Å²) in [7, 11) is 0. The van der Waals surface area contributed by atoms with Crippen molar-refractivity contribution in [1.82, 2.24) is 5.32 Å². The molecule has 0 radical (unpaired) electrons. The topological polar surface area (TPSA) is 49.3 Å². The zero-order valence-corrected chi connectivity index (χ0v) is 11.1. The van der Waals surface area contributed by atoms with Gasteiger partial charge >= 0.3 is 0 Å². The van der Waals surface area contributed by atoms with Gasteiger partial charge in [0.05, 0.1) is 9.90 Å². The second-order valence-corrected chi connectivity index (χ2v) is 6.17. The van der Waals surface area contributed by atoms with Crippen LogP contribution in [0, 0.1) is 5.92 Å². The van der Waals surface area contributed by atoms with Gasteiger partial charge in [-0.3, -0.25) is 4.79 Å². The fourth-order valence-corrected chi connectivity index (χ4v) is 3.22. The molecule has 0 aromatic carbocycles. The maximum Gasteiger partial charge on any atom is 0.254 e. The summed E-state index contributed by atoms with van der Waals surface area (Å²) in [6.45, 7) is 0.105. The van der Waals surface area contributed by atoms with Crippen molar-refractivity contribution in [2.24, 2.45) is 5.92 Å². The Morgan fingerprint density at radius 1 is 1.53 bits per heavy atom. The minimum Gasteiger partial charge on any atom is -0.396 e. The Hall–Kier alpha value is -0.550. The molecule has 1 heterocycles. The summed E-state index contributed by atoms with van der Waals surface area (Å²) in [5.41, 5.74) is 0.405. The van der Waals surface area contributed by atoms with Crippen LogP contribution in [0.25, 0.3) is 0 Å². The summed E-state index contributed by atoms with van der Waals surface area (Å²) in [5, 5.41) is 11.8. The van der Waals surface area contributed by atoms with Crippen LogP contribution in [0.4, 0.5) is 0 Å². The molecular weight excluding hydrogens is 281 g/mol. The first-order chi connectivity index (χ1) is 8.10. The largest absolute Gasteiger partial charge is 0.396 e. The quantitative estimate of drug-likeness (QED) is 0.842. The lowest BCUT2D eigenvalue weighted by molar-refractivity contribution is 0.0941. The molecule has 0 spiro atoms. The average molecular weight is 292 g/mol. The van der Waals surface area contributed by atoms with Crippen molar-refractivity contribution in [2.75, 3.05) is 6.61 Å². The summed E-state index contributed by atoms with van der Waals surface area (Å²) in [5.74, 6) is -0.103. The van der Waals surface area contributed by atoms with E-state index in [9.17, 15) is 4.79 Å². The van der Waals surface area contributed by atoms with Crippen LogP contribution in [0.3, 0.4) is 0 Å². The van der Waals surface area contributed by atoms with E-state index in [2.05, 4.69) is 5.32 Å². The van der Waals surface area contributed by atoms with Gasteiger partial charge in [-0.1, -0.05) is 35.4 Å². The van der Waals surface area contributed by atoms with Crippen molar-refractivity contribution >= 4 is 40.4 Å². The van der Waals surface area contributed by atoms with Crippen LogP contribution >= 0.6 is 34.5 Å². The molecule has 0 aliphatic heterocycles. The van der Waals surface area contributed by atoms with Crippen molar-refractivity contribution in [3.05, 3.63) is 32.5 Å². The number of amides is 1. The first-order valence-corrected chi connectivity index (χ1v) is 6.72. The molecule has 1 aromatic heterocycles. The van der Waals surface area contributed by atoms with Crippen molar-refractivity contribution in [1.29, 1.82) is 0 Å². The summed E-state index contributed by atoms with van der Waals surface area (Å²) >= 11 is 12.8. The fraction of sp³-hybridized carbons (Fsp3) is 0.364. The third kappa shape index (κ3) is 3.01. The predicted molar refractivity (Wildman–Crippen MR) is 69.9 cm³/mol. The van der Waals surface area contributed by atoms with Gasteiger partial charge in [0.2, 0.25) is 0 Å². The summed E-state index contributed by atoms with van der Waals surface area (Å²) in [6.07, 6.45) is 4.52. The first-order valence-electron chi connectivity index (χ1n) is 5.15. The molecule has 2 rings (SSSR count). The van der Waals surface area contributed by atoms with Gasteiger partial charge in [-0.15, -0.1) is 11.3 Å². The number of carbonyl (C=O) groups is 1. The number of thiophene rings is 1. The van der Waals surface area contributed by atoms with Crippen LogP contribution in [0.15, 0.2) is 18.2 Å². The van der Waals surface area contributed by atoms with Gasteiger partial charge in [-0.05, 0) is 12.5 Å². The van der Waals surface area contributed by atoms with Gasteiger partial charge in [0.25, 0.3) is 5.91 Å². The highest BCUT2D eigenvalue weighted by atomic mass is 35.5. The Bertz CT molecular complexity index is 458. The fourth-order valence-electron chi connectivity index (χ4n) is 1.76. The average Bonchev–Trinajstić information content (AvgIpc) is 2.85. The zero-order valence-electron chi connectivity index (χ0n) is 8.82. The highest BCUT2D eigenvalue weighted by Gasteiger charge is 2.22. The molecule has 0 unspecified atom stereocenters. The Morgan fingerprint density at radius 3 is 2.82 bits per heavy atom. The van der Waals surface area contributed by atoms with E-state index in [-0.39, 0.29) is 24.5 Å². The van der Waals surface area contributed by atoms with E-state index < -0.39 is 0 Å². The number of hydrogen-bond acceptors (Lipinski definition) is 3. The lowest BCUT2D eigenvalue weighted by atomic mass is 10.1. The lowest BCUT2D eigenvalue weighted by Gasteiger charge is -2.12. The third-order valence-electron chi connectivity index (χ3n) is 2.62. The highest BCUT2D eigenvalue weighted by Crippen LogP contribution is 2.31. The van der Waals surface area contributed by atoms with Gasteiger partial charge in [0.1, 0.15) is 4.34 Å². The molecule has 17 heavy (non-hydrogen) atoms. The minimum atomic E-state index is -0.230. The van der Waals surface area contributed by atoms with Crippen LogP contribution in [0.5, 0.6) is 0 Å². The second-order valence-electron chi connectivity index (χ2n) is 3.88. The smallest absolute Gasteiger partial charge is 0.254 e. The summed E-state index contributed by atoms with van der Waals surface area (Å²) < 4.78 is 0.892. The molecule has 0 saturated heterocycles. The maximum absolute atomic E-state index is 11.9. The molecule has 0 bridgehead atoms. The molecule has 1 aliphatic carbocycles. The van der Waals surface area contributed by atoms with E-state index in [1.807, 2.05) is 12.2 Å². The van der Waals surface area contributed by atoms with Crippen molar-refractivity contribution in [3.63, 3.8) is 0 Å². The molecule has 6 heteroatoms. The number of rotatable bonds is 3. The first kappa shape index (κ1) is 12.9. The summed E-state index contributed by atoms with van der Waals surface area (Å²) in [4.78, 5) is 11.9. The number of hydrogen-bond donors (Lipinski definition) is 2. The number of carbonyl (C=O) groups excluding carboxylic acids is 1. The molecule has 92 valence electrons. The normalized spacial score (nSPS) is 23.0. The molecule has 2 atom stereocenters. The Labute approximate surface area is 113 Å². The minimum absolute atomic E-state index is 0.0469. The lowest BCUT2D eigenvalue weighted by Crippen LogP contribution is -2.32. The second kappa shape index (κ2) is 5.40.